The van der Waals surface area contributed by atoms with Gasteiger partial charge in [-0.1, -0.05) is 0 Å². The molecule has 1 N–H and O–H groups in total. The van der Waals surface area contributed by atoms with Crippen LogP contribution in [0.15, 0.2) is 85.2 Å². The van der Waals surface area contributed by atoms with Gasteiger partial charge in [-0.2, -0.15) is 4.73 Å². The maximum Gasteiger partial charge on any atom is 0.332 e. The molecule has 4 amide bonds. The van der Waals surface area contributed by atoms with Crippen molar-refractivity contribution in [2.75, 3.05) is 23.3 Å². The molecule has 0 unspecified atom stereocenters. The topological polar surface area (TPSA) is 102 Å². The molecule has 4 heterocycles. The third kappa shape index (κ3) is 4.76. The first-order valence-corrected chi connectivity index (χ1v) is 12.9. The van der Waals surface area contributed by atoms with Crippen LogP contribution in [0.25, 0.3) is 20.8 Å². The summed E-state index contributed by atoms with van der Waals surface area (Å²) >= 11 is 1.29. The number of rotatable bonds is 5. The van der Waals surface area contributed by atoms with Crippen molar-refractivity contribution in [1.82, 2.24) is 9.88 Å². The molecule has 6 rings (SSSR count). The van der Waals surface area contributed by atoms with Crippen molar-refractivity contribution in [2.24, 2.45) is 0 Å². The SMILES string of the molecule is O=C(Nc1ccc(Oc2ccnc3cc(-c4cccc[n+]4[O-])sc23)c(F)c1)N1CCN(c2ccc(F)cc2)C1=O. The maximum atomic E-state index is 15.0. The zero-order chi connectivity index (χ0) is 27.8. The minimum Gasteiger partial charge on any atom is -0.618 e. The summed E-state index contributed by atoms with van der Waals surface area (Å²) in [7, 11) is 0. The van der Waals surface area contributed by atoms with E-state index < -0.39 is 23.7 Å². The van der Waals surface area contributed by atoms with Crippen LogP contribution in [-0.4, -0.2) is 35.0 Å². The lowest BCUT2D eigenvalue weighted by molar-refractivity contribution is -0.593. The van der Waals surface area contributed by atoms with Gasteiger partial charge in [0, 0.05) is 48.4 Å². The number of imide groups is 1. The van der Waals surface area contributed by atoms with E-state index in [9.17, 15) is 19.2 Å². The Morgan fingerprint density at radius 1 is 1.02 bits per heavy atom. The van der Waals surface area contributed by atoms with Gasteiger partial charge in [0.2, 0.25) is 5.69 Å². The van der Waals surface area contributed by atoms with Crippen LogP contribution in [0.3, 0.4) is 0 Å². The summed E-state index contributed by atoms with van der Waals surface area (Å²) in [5, 5.41) is 14.7. The molecule has 0 atom stereocenters. The molecular weight excluding hydrogens is 540 g/mol. The van der Waals surface area contributed by atoms with Crippen LogP contribution in [-0.2, 0) is 0 Å². The van der Waals surface area contributed by atoms with Crippen LogP contribution in [0.4, 0.5) is 29.7 Å². The zero-order valence-corrected chi connectivity index (χ0v) is 21.4. The van der Waals surface area contributed by atoms with E-state index in [1.54, 1.807) is 30.3 Å². The first-order chi connectivity index (χ1) is 19.4. The number of hydrogen-bond donors (Lipinski definition) is 1. The molecule has 0 bridgehead atoms. The third-order valence-electron chi connectivity index (χ3n) is 6.25. The van der Waals surface area contributed by atoms with E-state index in [2.05, 4.69) is 10.3 Å². The van der Waals surface area contributed by atoms with Gasteiger partial charge in [0.15, 0.2) is 17.8 Å². The Balaban J connectivity index is 1.17. The highest BCUT2D eigenvalue weighted by Crippen LogP contribution is 2.39. The Morgan fingerprint density at radius 2 is 1.85 bits per heavy atom. The summed E-state index contributed by atoms with van der Waals surface area (Å²) in [5.41, 5.74) is 1.65. The van der Waals surface area contributed by atoms with E-state index in [-0.39, 0.29) is 24.5 Å². The summed E-state index contributed by atoms with van der Waals surface area (Å²) < 4.78 is 35.5. The average molecular weight is 560 g/mol. The number of pyridine rings is 2. The number of amides is 4. The Bertz CT molecular complexity index is 1760. The minimum absolute atomic E-state index is 0.0845. The van der Waals surface area contributed by atoms with Crippen molar-refractivity contribution in [3.8, 4) is 22.1 Å². The molecule has 1 aliphatic rings. The van der Waals surface area contributed by atoms with Gasteiger partial charge in [-0.05, 0) is 48.5 Å². The number of carbonyl (C=O) groups excluding carboxylic acids is 2. The quantitative estimate of drug-likeness (QED) is 0.206. The molecule has 1 fully saturated rings. The van der Waals surface area contributed by atoms with Crippen LogP contribution >= 0.6 is 11.3 Å². The number of ether oxygens (including phenoxy) is 1. The van der Waals surface area contributed by atoms with Crippen molar-refractivity contribution in [3.05, 3.63) is 102 Å². The van der Waals surface area contributed by atoms with E-state index in [4.69, 9.17) is 4.74 Å². The van der Waals surface area contributed by atoms with Crippen molar-refractivity contribution < 1.29 is 27.8 Å². The van der Waals surface area contributed by atoms with Gasteiger partial charge >= 0.3 is 12.1 Å². The fourth-order valence-electron chi connectivity index (χ4n) is 4.30. The highest BCUT2D eigenvalue weighted by molar-refractivity contribution is 7.22. The van der Waals surface area contributed by atoms with E-state index >= 15 is 4.39 Å². The molecule has 1 saturated heterocycles. The first kappa shape index (κ1) is 25.2. The summed E-state index contributed by atoms with van der Waals surface area (Å²) in [6.07, 6.45) is 2.93. The fraction of sp³-hybridized carbons (Fsp3) is 0.0714. The number of thiophene rings is 1. The lowest BCUT2D eigenvalue weighted by Gasteiger charge is -2.18. The smallest absolute Gasteiger partial charge is 0.332 e. The summed E-state index contributed by atoms with van der Waals surface area (Å²) in [5.74, 6) is -0.898. The molecule has 0 saturated carbocycles. The van der Waals surface area contributed by atoms with E-state index in [1.165, 1.54) is 65.0 Å². The van der Waals surface area contributed by atoms with Gasteiger partial charge < -0.3 is 15.3 Å². The van der Waals surface area contributed by atoms with Gasteiger partial charge in [0.05, 0.1) is 16.8 Å². The van der Waals surface area contributed by atoms with Crippen LogP contribution in [0.1, 0.15) is 0 Å². The molecule has 0 spiro atoms. The third-order valence-corrected chi connectivity index (χ3v) is 7.41. The van der Waals surface area contributed by atoms with Crippen molar-refractivity contribution in [1.29, 1.82) is 0 Å². The number of fused-ring (bicyclic) bond motifs is 1. The van der Waals surface area contributed by atoms with E-state index in [1.807, 2.05) is 0 Å². The maximum absolute atomic E-state index is 15.0. The first-order valence-electron chi connectivity index (χ1n) is 12.1. The number of nitrogens with one attached hydrogen (secondary N) is 1. The Hall–Kier alpha value is -5.10. The minimum atomic E-state index is -0.735. The number of nitrogens with zero attached hydrogens (tertiary/aromatic N) is 4. The van der Waals surface area contributed by atoms with E-state index in [0.717, 1.165) is 15.7 Å². The summed E-state index contributed by atoms with van der Waals surface area (Å²) in [6, 6.07) is 16.5. The molecule has 40 heavy (non-hydrogen) atoms. The lowest BCUT2D eigenvalue weighted by Crippen LogP contribution is -2.39. The largest absolute Gasteiger partial charge is 0.618 e. The second kappa shape index (κ2) is 10.2. The average Bonchev–Trinajstić information content (AvgIpc) is 3.55. The fourth-order valence-corrected chi connectivity index (χ4v) is 5.38. The van der Waals surface area contributed by atoms with Crippen molar-refractivity contribution in [2.45, 2.75) is 0 Å². The van der Waals surface area contributed by atoms with Crippen molar-refractivity contribution >= 4 is 45.0 Å². The zero-order valence-electron chi connectivity index (χ0n) is 20.6. The summed E-state index contributed by atoms with van der Waals surface area (Å²) in [6.45, 7) is 0.352. The molecule has 5 aromatic rings. The number of aromatic nitrogens is 2. The van der Waals surface area contributed by atoms with Crippen LogP contribution in [0.2, 0.25) is 0 Å². The van der Waals surface area contributed by atoms with Gasteiger partial charge in [0.25, 0.3) is 0 Å². The van der Waals surface area contributed by atoms with Crippen LogP contribution < -0.4 is 19.7 Å². The number of benzene rings is 2. The molecule has 0 aliphatic carbocycles. The normalized spacial score (nSPS) is 13.2. The molecular formula is C28H19F2N5O4S. The summed E-state index contributed by atoms with van der Waals surface area (Å²) in [4.78, 5) is 32.9. The van der Waals surface area contributed by atoms with Gasteiger partial charge in [-0.15, -0.1) is 11.3 Å². The van der Waals surface area contributed by atoms with Gasteiger partial charge in [-0.3, -0.25) is 9.88 Å². The number of carbonyl (C=O) groups is 2. The number of halogens is 2. The Morgan fingerprint density at radius 3 is 2.62 bits per heavy atom. The molecule has 200 valence electrons. The number of anilines is 2. The van der Waals surface area contributed by atoms with Crippen molar-refractivity contribution in [3.63, 3.8) is 0 Å². The number of urea groups is 2. The standard InChI is InChI=1S/C28H19F2N5O4S/c29-17-4-7-19(8-5-17)33-13-14-34(28(33)37)27(36)32-18-6-9-23(20(30)15-18)39-24-10-11-31-21-16-25(40-26(21)24)22-3-1-2-12-35(22)38/h1-12,15-16H,13-14H2,(H,32,36). The molecule has 12 heteroatoms. The highest BCUT2D eigenvalue weighted by atomic mass is 32.1. The molecule has 3 aromatic heterocycles. The van der Waals surface area contributed by atoms with Gasteiger partial charge in [-0.25, -0.2) is 23.3 Å². The highest BCUT2D eigenvalue weighted by Gasteiger charge is 2.34. The Kier molecular flexibility index (Phi) is 6.44. The van der Waals surface area contributed by atoms with Crippen LogP contribution in [0.5, 0.6) is 11.5 Å². The molecule has 0 radical (unpaired) electrons. The molecule has 9 nitrogen and oxygen atoms in total. The molecule has 2 aromatic carbocycles. The lowest BCUT2D eigenvalue weighted by atomic mass is 10.2. The second-order valence-electron chi connectivity index (χ2n) is 8.79. The van der Waals surface area contributed by atoms with E-state index in [0.29, 0.717) is 32.2 Å². The predicted molar refractivity (Wildman–Crippen MR) is 145 cm³/mol. The molecule has 1 aliphatic heterocycles. The second-order valence-corrected chi connectivity index (χ2v) is 9.84. The van der Waals surface area contributed by atoms with Gasteiger partial charge in [0.1, 0.15) is 16.4 Å². The van der Waals surface area contributed by atoms with Crippen LogP contribution in [0, 0.1) is 16.8 Å². The number of hydrogen-bond acceptors (Lipinski definition) is 6. The predicted octanol–water partition coefficient (Wildman–Crippen LogP) is 6.14. The monoisotopic (exact) mass is 559 g/mol. The Labute approximate surface area is 230 Å².